The summed E-state index contributed by atoms with van der Waals surface area (Å²) in [5.74, 6) is -0.274. The van der Waals surface area contributed by atoms with Crippen molar-refractivity contribution in [2.75, 3.05) is 27.2 Å². The standard InChI is InChI=1S/C16H20N4O2/c1-19(2)11-10-17-16(22)14-8-9-15(21)20(18-14)12-13-6-4-3-5-7-13/h3-9H,10-12H2,1-2H3,(H,17,22). The first-order chi connectivity index (χ1) is 10.6. The maximum atomic E-state index is 12.0. The zero-order valence-electron chi connectivity index (χ0n) is 12.8. The first-order valence-electron chi connectivity index (χ1n) is 7.11. The average Bonchev–Trinajstić information content (AvgIpc) is 2.50. The van der Waals surface area contributed by atoms with Crippen LogP contribution in [0.4, 0.5) is 0 Å². The summed E-state index contributed by atoms with van der Waals surface area (Å²) < 4.78 is 1.30. The summed E-state index contributed by atoms with van der Waals surface area (Å²) in [7, 11) is 3.87. The maximum absolute atomic E-state index is 12.0. The van der Waals surface area contributed by atoms with E-state index in [2.05, 4.69) is 10.4 Å². The lowest BCUT2D eigenvalue weighted by Crippen LogP contribution is -2.33. The van der Waals surface area contributed by atoms with Gasteiger partial charge < -0.3 is 10.2 Å². The second kappa shape index (κ2) is 7.51. The van der Waals surface area contributed by atoms with E-state index in [1.165, 1.54) is 16.8 Å². The van der Waals surface area contributed by atoms with E-state index in [4.69, 9.17) is 0 Å². The summed E-state index contributed by atoms with van der Waals surface area (Å²) in [5.41, 5.74) is 0.977. The number of nitrogens with one attached hydrogen (secondary N) is 1. The molecule has 0 saturated heterocycles. The summed E-state index contributed by atoms with van der Waals surface area (Å²) in [5, 5.41) is 6.93. The predicted octanol–water partition coefficient (Wildman–Crippen LogP) is 0.583. The molecule has 1 aromatic heterocycles. The number of benzene rings is 1. The normalized spacial score (nSPS) is 10.7. The zero-order valence-corrected chi connectivity index (χ0v) is 12.8. The molecule has 0 bridgehead atoms. The summed E-state index contributed by atoms with van der Waals surface area (Å²) in [6, 6.07) is 12.4. The average molecular weight is 300 g/mol. The fourth-order valence-corrected chi connectivity index (χ4v) is 1.92. The van der Waals surface area contributed by atoms with Crippen LogP contribution < -0.4 is 10.9 Å². The lowest BCUT2D eigenvalue weighted by atomic mass is 10.2. The number of nitrogens with zero attached hydrogens (tertiary/aromatic N) is 3. The summed E-state index contributed by atoms with van der Waals surface area (Å²) in [6.45, 7) is 1.62. The highest BCUT2D eigenvalue weighted by Gasteiger charge is 2.09. The van der Waals surface area contributed by atoms with Crippen LogP contribution in [0.15, 0.2) is 47.3 Å². The Morgan fingerprint density at radius 3 is 2.59 bits per heavy atom. The Morgan fingerprint density at radius 2 is 1.91 bits per heavy atom. The smallest absolute Gasteiger partial charge is 0.271 e. The van der Waals surface area contributed by atoms with Crippen LogP contribution in [0.25, 0.3) is 0 Å². The molecule has 0 aliphatic heterocycles. The Bertz CT molecular complexity index is 680. The molecular weight excluding hydrogens is 280 g/mol. The molecule has 2 rings (SSSR count). The van der Waals surface area contributed by atoms with Gasteiger partial charge in [-0.2, -0.15) is 5.10 Å². The molecule has 0 spiro atoms. The van der Waals surface area contributed by atoms with Crippen molar-refractivity contribution in [1.82, 2.24) is 20.0 Å². The van der Waals surface area contributed by atoms with Gasteiger partial charge in [-0.05, 0) is 25.7 Å². The molecule has 116 valence electrons. The summed E-state index contributed by atoms with van der Waals surface area (Å²) in [4.78, 5) is 25.9. The van der Waals surface area contributed by atoms with Crippen LogP contribution in [0.1, 0.15) is 16.1 Å². The van der Waals surface area contributed by atoms with Crippen molar-refractivity contribution in [3.05, 3.63) is 64.1 Å². The Morgan fingerprint density at radius 1 is 1.18 bits per heavy atom. The summed E-state index contributed by atoms with van der Waals surface area (Å²) >= 11 is 0. The van der Waals surface area contributed by atoms with Gasteiger partial charge in [-0.25, -0.2) is 4.68 Å². The molecule has 0 fully saturated rings. The number of hydrogen-bond donors (Lipinski definition) is 1. The van der Waals surface area contributed by atoms with Gasteiger partial charge in [0.05, 0.1) is 6.54 Å². The molecule has 1 heterocycles. The molecule has 0 atom stereocenters. The first kappa shape index (κ1) is 15.9. The SMILES string of the molecule is CN(C)CCNC(=O)c1ccc(=O)n(Cc2ccccc2)n1. The van der Waals surface area contributed by atoms with E-state index < -0.39 is 0 Å². The van der Waals surface area contributed by atoms with Gasteiger partial charge >= 0.3 is 0 Å². The largest absolute Gasteiger partial charge is 0.349 e. The van der Waals surface area contributed by atoms with Crippen molar-refractivity contribution in [1.29, 1.82) is 0 Å². The van der Waals surface area contributed by atoms with Crippen LogP contribution >= 0.6 is 0 Å². The van der Waals surface area contributed by atoms with E-state index in [-0.39, 0.29) is 17.2 Å². The number of amides is 1. The molecule has 22 heavy (non-hydrogen) atoms. The van der Waals surface area contributed by atoms with Crippen LogP contribution in [0.2, 0.25) is 0 Å². The van der Waals surface area contributed by atoms with Gasteiger partial charge in [0.2, 0.25) is 0 Å². The number of aromatic nitrogens is 2. The highest BCUT2D eigenvalue weighted by molar-refractivity contribution is 5.91. The van der Waals surface area contributed by atoms with Crippen LogP contribution in [-0.4, -0.2) is 47.8 Å². The third-order valence-corrected chi connectivity index (χ3v) is 3.12. The van der Waals surface area contributed by atoms with Crippen molar-refractivity contribution >= 4 is 5.91 Å². The molecule has 0 saturated carbocycles. The van der Waals surface area contributed by atoms with Crippen LogP contribution in [0.3, 0.4) is 0 Å². The Hall–Kier alpha value is -2.47. The van der Waals surface area contributed by atoms with Gasteiger partial charge in [-0.15, -0.1) is 0 Å². The minimum absolute atomic E-state index is 0.228. The Labute approximate surface area is 129 Å². The second-order valence-corrected chi connectivity index (χ2v) is 5.26. The monoisotopic (exact) mass is 300 g/mol. The molecule has 1 amide bonds. The van der Waals surface area contributed by atoms with Crippen molar-refractivity contribution in [2.45, 2.75) is 6.54 Å². The minimum Gasteiger partial charge on any atom is -0.349 e. The third-order valence-electron chi connectivity index (χ3n) is 3.12. The Kier molecular flexibility index (Phi) is 5.43. The number of carbonyl (C=O) groups excluding carboxylic acids is 1. The van der Waals surface area contributed by atoms with E-state index in [1.807, 2.05) is 49.3 Å². The van der Waals surface area contributed by atoms with Crippen molar-refractivity contribution in [3.8, 4) is 0 Å². The number of carbonyl (C=O) groups is 1. The second-order valence-electron chi connectivity index (χ2n) is 5.26. The maximum Gasteiger partial charge on any atom is 0.271 e. The van der Waals surface area contributed by atoms with Gasteiger partial charge in [0, 0.05) is 19.2 Å². The molecule has 0 unspecified atom stereocenters. The number of hydrogen-bond acceptors (Lipinski definition) is 4. The molecule has 1 aromatic carbocycles. The third kappa shape index (κ3) is 4.53. The van der Waals surface area contributed by atoms with Crippen LogP contribution in [-0.2, 0) is 6.54 Å². The molecule has 6 nitrogen and oxygen atoms in total. The minimum atomic E-state index is -0.274. The van der Waals surface area contributed by atoms with E-state index in [1.54, 1.807) is 0 Å². The lowest BCUT2D eigenvalue weighted by Gasteiger charge is -2.11. The fraction of sp³-hybridized carbons (Fsp3) is 0.312. The fourth-order valence-electron chi connectivity index (χ4n) is 1.92. The predicted molar refractivity (Wildman–Crippen MR) is 84.9 cm³/mol. The molecule has 0 aliphatic carbocycles. The van der Waals surface area contributed by atoms with E-state index in [9.17, 15) is 9.59 Å². The van der Waals surface area contributed by atoms with Gasteiger partial charge in [-0.3, -0.25) is 9.59 Å². The van der Waals surface area contributed by atoms with E-state index in [0.29, 0.717) is 13.1 Å². The van der Waals surface area contributed by atoms with E-state index in [0.717, 1.165) is 12.1 Å². The highest BCUT2D eigenvalue weighted by Crippen LogP contribution is 2.00. The summed E-state index contributed by atoms with van der Waals surface area (Å²) in [6.07, 6.45) is 0. The molecular formula is C16H20N4O2. The van der Waals surface area contributed by atoms with Crippen LogP contribution in [0, 0.1) is 0 Å². The molecule has 0 aliphatic rings. The van der Waals surface area contributed by atoms with Crippen LogP contribution in [0.5, 0.6) is 0 Å². The zero-order chi connectivity index (χ0) is 15.9. The topological polar surface area (TPSA) is 67.2 Å². The van der Waals surface area contributed by atoms with Crippen molar-refractivity contribution in [3.63, 3.8) is 0 Å². The highest BCUT2D eigenvalue weighted by atomic mass is 16.2. The lowest BCUT2D eigenvalue weighted by molar-refractivity contribution is 0.0943. The number of likely N-dealkylation sites (N-methyl/N-ethyl adjacent to an activating group) is 1. The number of rotatable bonds is 6. The van der Waals surface area contributed by atoms with Crippen molar-refractivity contribution in [2.24, 2.45) is 0 Å². The quantitative estimate of drug-likeness (QED) is 0.847. The molecule has 6 heteroatoms. The molecule has 1 N–H and O–H groups in total. The Balaban J connectivity index is 2.09. The molecule has 0 radical (unpaired) electrons. The van der Waals surface area contributed by atoms with E-state index >= 15 is 0 Å². The first-order valence-corrected chi connectivity index (χ1v) is 7.11. The molecule has 2 aromatic rings. The van der Waals surface area contributed by atoms with Crippen molar-refractivity contribution < 1.29 is 4.79 Å². The van der Waals surface area contributed by atoms with Gasteiger partial charge in [0.15, 0.2) is 0 Å². The van der Waals surface area contributed by atoms with Gasteiger partial charge in [0.1, 0.15) is 5.69 Å². The van der Waals surface area contributed by atoms with Gasteiger partial charge in [-0.1, -0.05) is 30.3 Å². The van der Waals surface area contributed by atoms with Gasteiger partial charge in [0.25, 0.3) is 11.5 Å².